The Morgan fingerprint density at radius 3 is 1.65 bits per heavy atom. The molecule has 0 aliphatic heterocycles. The zero-order chi connectivity index (χ0) is 42.2. The van der Waals surface area contributed by atoms with E-state index >= 15 is 0 Å². The van der Waals surface area contributed by atoms with E-state index in [4.69, 9.17) is 19.1 Å². The zero-order valence-corrected chi connectivity index (χ0v) is 35.4. The average Bonchev–Trinajstić information content (AvgIpc) is 3.19. The number of aliphatic hydroxyl groups excluding tert-OH is 4. The Hall–Kier alpha value is -2.93. The molecule has 12 nitrogen and oxygen atoms in total. The number of carbonyl (C=O) groups excluding carboxylic acids is 2. The first-order valence-electron chi connectivity index (χ1n) is 20.7. The number of allylic oxidation sites excluding steroid dienone is 13. The molecule has 0 saturated carbocycles. The molecule has 13 heteroatoms. The van der Waals surface area contributed by atoms with Crippen LogP contribution in [0, 0.1) is 0 Å². The van der Waals surface area contributed by atoms with Crippen molar-refractivity contribution in [3.8, 4) is 0 Å². The van der Waals surface area contributed by atoms with Gasteiger partial charge in [-0.1, -0.05) is 118 Å². The van der Waals surface area contributed by atoms with Crippen LogP contribution in [0.1, 0.15) is 129 Å². The summed E-state index contributed by atoms with van der Waals surface area (Å²) in [4.78, 5) is 35.0. The number of rotatable bonds is 37. The molecule has 0 aliphatic rings. The molecule has 5 N–H and O–H groups in total. The number of hydrogen-bond acceptors (Lipinski definition) is 11. The quantitative estimate of drug-likeness (QED) is 0.0174. The summed E-state index contributed by atoms with van der Waals surface area (Å²) in [7, 11) is -4.71. The van der Waals surface area contributed by atoms with Gasteiger partial charge >= 0.3 is 19.8 Å². The zero-order valence-electron chi connectivity index (χ0n) is 34.5. The van der Waals surface area contributed by atoms with Gasteiger partial charge in [0.2, 0.25) is 0 Å². The molecule has 0 radical (unpaired) electrons. The molecular formula is C44H73O12P. The number of aliphatic hydroxyl groups is 4. The Labute approximate surface area is 342 Å². The number of esters is 2. The van der Waals surface area contributed by atoms with Gasteiger partial charge in [0.1, 0.15) is 12.7 Å². The van der Waals surface area contributed by atoms with Gasteiger partial charge in [0, 0.05) is 12.8 Å². The maximum absolute atomic E-state index is 12.6. The van der Waals surface area contributed by atoms with Gasteiger partial charge in [-0.15, -0.1) is 0 Å². The third kappa shape index (κ3) is 37.1. The van der Waals surface area contributed by atoms with Gasteiger partial charge in [-0.3, -0.25) is 18.6 Å². The molecule has 0 fully saturated rings. The maximum Gasteiger partial charge on any atom is 0.472 e. The number of ether oxygens (including phenoxy) is 2. The second-order valence-corrected chi connectivity index (χ2v) is 15.0. The van der Waals surface area contributed by atoms with E-state index in [1.165, 1.54) is 0 Å². The molecule has 0 aromatic rings. The van der Waals surface area contributed by atoms with E-state index in [1.807, 2.05) is 12.2 Å². The molecule has 0 amide bonds. The topological polar surface area (TPSA) is 189 Å². The number of unbranched alkanes of at least 4 members (excludes halogenated alkanes) is 5. The lowest BCUT2D eigenvalue weighted by molar-refractivity contribution is -0.161. The van der Waals surface area contributed by atoms with Crippen molar-refractivity contribution in [3.63, 3.8) is 0 Å². The van der Waals surface area contributed by atoms with E-state index in [9.17, 15) is 34.4 Å². The third-order valence-corrected chi connectivity index (χ3v) is 9.20. The molecule has 5 atom stereocenters. The molecule has 0 aromatic heterocycles. The van der Waals surface area contributed by atoms with Crippen molar-refractivity contribution in [2.24, 2.45) is 0 Å². The first-order valence-corrected chi connectivity index (χ1v) is 22.2. The Morgan fingerprint density at radius 2 is 1.07 bits per heavy atom. The normalized spacial score (nSPS) is 15.8. The van der Waals surface area contributed by atoms with Crippen LogP contribution in [0.2, 0.25) is 0 Å². The summed E-state index contributed by atoms with van der Waals surface area (Å²) in [5.41, 5.74) is 0. The first-order chi connectivity index (χ1) is 27.5. The van der Waals surface area contributed by atoms with Gasteiger partial charge < -0.3 is 34.8 Å². The molecule has 0 bridgehead atoms. The maximum atomic E-state index is 12.6. The number of carbonyl (C=O) groups is 2. The predicted octanol–water partition coefficient (Wildman–Crippen LogP) is 8.61. The van der Waals surface area contributed by atoms with Crippen molar-refractivity contribution in [1.29, 1.82) is 0 Å². The fourth-order valence-electron chi connectivity index (χ4n) is 4.98. The fourth-order valence-corrected chi connectivity index (χ4v) is 5.76. The fraction of sp³-hybridized carbons (Fsp3) is 0.636. The van der Waals surface area contributed by atoms with Crippen LogP contribution in [0.4, 0.5) is 0 Å². The number of phosphoric acid groups is 1. The Morgan fingerprint density at radius 1 is 0.579 bits per heavy atom. The summed E-state index contributed by atoms with van der Waals surface area (Å²) < 4.78 is 32.4. The van der Waals surface area contributed by atoms with Crippen LogP contribution in [-0.2, 0) is 32.7 Å². The molecule has 0 heterocycles. The summed E-state index contributed by atoms with van der Waals surface area (Å²) in [5, 5.41) is 39.0. The minimum Gasteiger partial charge on any atom is -0.462 e. The highest BCUT2D eigenvalue weighted by molar-refractivity contribution is 7.47. The van der Waals surface area contributed by atoms with E-state index in [-0.39, 0.29) is 32.1 Å². The number of hydrogen-bond donors (Lipinski definition) is 5. The molecule has 0 aromatic carbocycles. The van der Waals surface area contributed by atoms with Gasteiger partial charge in [0.15, 0.2) is 6.10 Å². The van der Waals surface area contributed by atoms with Crippen molar-refractivity contribution < 1.29 is 58.0 Å². The second kappa shape index (κ2) is 38.6. The molecular weight excluding hydrogens is 751 g/mol. The Bertz CT molecular complexity index is 1260. The van der Waals surface area contributed by atoms with Crippen LogP contribution in [0.5, 0.6) is 0 Å². The summed E-state index contributed by atoms with van der Waals surface area (Å²) in [6.45, 7) is 1.76. The van der Waals surface area contributed by atoms with E-state index in [0.29, 0.717) is 12.8 Å². The van der Waals surface area contributed by atoms with Crippen molar-refractivity contribution >= 4 is 19.8 Å². The lowest BCUT2D eigenvalue weighted by Gasteiger charge is -2.20. The first kappa shape index (κ1) is 54.1. The predicted molar refractivity (Wildman–Crippen MR) is 226 cm³/mol. The van der Waals surface area contributed by atoms with Gasteiger partial charge in [-0.25, -0.2) is 4.57 Å². The smallest absolute Gasteiger partial charge is 0.462 e. The molecule has 57 heavy (non-hydrogen) atoms. The average molecular weight is 825 g/mol. The van der Waals surface area contributed by atoms with E-state index < -0.39 is 70.6 Å². The van der Waals surface area contributed by atoms with Crippen molar-refractivity contribution in [2.75, 3.05) is 26.4 Å². The van der Waals surface area contributed by atoms with Crippen LogP contribution in [0.3, 0.4) is 0 Å². The molecule has 0 rings (SSSR count). The third-order valence-electron chi connectivity index (χ3n) is 8.25. The molecule has 0 aliphatic carbocycles. The second-order valence-electron chi connectivity index (χ2n) is 13.6. The highest BCUT2D eigenvalue weighted by Gasteiger charge is 2.27. The highest BCUT2D eigenvalue weighted by Crippen LogP contribution is 2.43. The molecule has 1 unspecified atom stereocenters. The lowest BCUT2D eigenvalue weighted by Crippen LogP contribution is -2.30. The summed E-state index contributed by atoms with van der Waals surface area (Å²) in [6.07, 6.45) is 37.2. The van der Waals surface area contributed by atoms with Crippen LogP contribution in [0.25, 0.3) is 0 Å². The minimum absolute atomic E-state index is 0.124. The Kier molecular flexibility index (Phi) is 36.6. The minimum atomic E-state index is -4.71. The van der Waals surface area contributed by atoms with Gasteiger partial charge in [-0.2, -0.15) is 0 Å². The highest BCUT2D eigenvalue weighted by atomic mass is 31.2. The summed E-state index contributed by atoms with van der Waals surface area (Å²) >= 11 is 0. The summed E-state index contributed by atoms with van der Waals surface area (Å²) in [5.74, 6) is -1.24. The van der Waals surface area contributed by atoms with Gasteiger partial charge in [0.05, 0.1) is 32.0 Å². The lowest BCUT2D eigenvalue weighted by atomic mass is 10.0. The number of phosphoric ester groups is 1. The van der Waals surface area contributed by atoms with Gasteiger partial charge in [0.25, 0.3) is 0 Å². The monoisotopic (exact) mass is 824 g/mol. The van der Waals surface area contributed by atoms with Crippen LogP contribution in [0.15, 0.2) is 85.1 Å². The van der Waals surface area contributed by atoms with Crippen molar-refractivity contribution in [2.45, 2.75) is 154 Å². The van der Waals surface area contributed by atoms with Gasteiger partial charge in [-0.05, 0) is 83.5 Å². The van der Waals surface area contributed by atoms with E-state index in [0.717, 1.165) is 70.6 Å². The van der Waals surface area contributed by atoms with Crippen molar-refractivity contribution in [1.82, 2.24) is 0 Å². The SMILES string of the molecule is CC/C=C\C/C=C\C/C=C\C/C=C\C[C@@H](O)[C@H](O)CCCC(=O)O[C@H](COC(=O)CCCCCCC/C=C\C/C=C\C/C=C\CC)COP(=O)(O)OC[C@@H](O)CO. The van der Waals surface area contributed by atoms with Crippen LogP contribution < -0.4 is 0 Å². The van der Waals surface area contributed by atoms with E-state index in [1.54, 1.807) is 6.08 Å². The standard InChI is InChI=1S/C44H73O12P/c1-3-5-7-9-11-13-15-17-18-19-21-23-25-27-29-33-43(49)53-37-40(38-55-57(51,52)54-36-39(46)35-45)56-44(50)34-30-32-42(48)41(47)31-28-26-24-22-20-16-14-12-10-8-6-4-2/h5-8,11-14,17-18,20,22,26,28,39-42,45-48H,3-4,9-10,15-16,19,21,23-25,27,29-38H2,1-2H3,(H,51,52)/b7-5-,8-6-,13-11-,14-12-,18-17-,22-20-,28-26-/t39-,40+,41+,42+/m0/s1. The summed E-state index contributed by atoms with van der Waals surface area (Å²) in [6, 6.07) is 0. The largest absolute Gasteiger partial charge is 0.472 e. The molecule has 0 saturated heterocycles. The van der Waals surface area contributed by atoms with Crippen molar-refractivity contribution in [3.05, 3.63) is 85.1 Å². The molecule has 326 valence electrons. The Balaban J connectivity index is 4.63. The van der Waals surface area contributed by atoms with Crippen LogP contribution in [-0.4, -0.2) is 88.1 Å². The van der Waals surface area contributed by atoms with Crippen LogP contribution >= 0.6 is 7.82 Å². The molecule has 0 spiro atoms. The van der Waals surface area contributed by atoms with E-state index in [2.05, 4.69) is 85.2 Å².